The summed E-state index contributed by atoms with van der Waals surface area (Å²) in [5, 5.41) is 7.07. The third-order valence-corrected chi connectivity index (χ3v) is 3.90. The van der Waals surface area contributed by atoms with Gasteiger partial charge in [0, 0.05) is 15.8 Å². The Morgan fingerprint density at radius 3 is 1.50 bits per heavy atom. The number of rotatable bonds is 5. The standard InChI is InChI=1S/C19H17BrN2/c20-16-13-11-15(12-14-16)19(21-17-7-3-1-4-8-17)22-18-9-5-2-6-10-18/h1-14,19,21-22H. The van der Waals surface area contributed by atoms with Gasteiger partial charge in [0.05, 0.1) is 0 Å². The molecule has 0 bridgehead atoms. The summed E-state index contributed by atoms with van der Waals surface area (Å²) in [6, 6.07) is 28.8. The molecule has 0 saturated carbocycles. The summed E-state index contributed by atoms with van der Waals surface area (Å²) in [5.74, 6) is 0. The first-order chi connectivity index (χ1) is 10.8. The van der Waals surface area contributed by atoms with Crippen LogP contribution < -0.4 is 10.6 Å². The fourth-order valence-electron chi connectivity index (χ4n) is 2.26. The highest BCUT2D eigenvalue weighted by Crippen LogP contribution is 2.23. The largest absolute Gasteiger partial charge is 0.362 e. The van der Waals surface area contributed by atoms with E-state index in [4.69, 9.17) is 0 Å². The summed E-state index contributed by atoms with van der Waals surface area (Å²) in [4.78, 5) is 0. The lowest BCUT2D eigenvalue weighted by molar-refractivity contribution is 0.902. The average Bonchev–Trinajstić information content (AvgIpc) is 2.57. The highest BCUT2D eigenvalue weighted by molar-refractivity contribution is 9.10. The van der Waals surface area contributed by atoms with Crippen molar-refractivity contribution in [2.75, 3.05) is 10.6 Å². The normalized spacial score (nSPS) is 10.5. The highest BCUT2D eigenvalue weighted by Gasteiger charge is 2.11. The van der Waals surface area contributed by atoms with E-state index in [0.29, 0.717) is 0 Å². The van der Waals surface area contributed by atoms with E-state index < -0.39 is 0 Å². The molecule has 110 valence electrons. The van der Waals surface area contributed by atoms with E-state index in [1.165, 1.54) is 5.56 Å². The monoisotopic (exact) mass is 352 g/mol. The molecule has 0 spiro atoms. The van der Waals surface area contributed by atoms with E-state index in [9.17, 15) is 0 Å². The molecule has 0 saturated heterocycles. The van der Waals surface area contributed by atoms with Crippen LogP contribution in [0.15, 0.2) is 89.4 Å². The molecule has 0 aliphatic carbocycles. The maximum Gasteiger partial charge on any atom is 0.123 e. The van der Waals surface area contributed by atoms with Crippen LogP contribution >= 0.6 is 15.9 Å². The molecule has 0 radical (unpaired) electrons. The van der Waals surface area contributed by atoms with Crippen LogP contribution in [0, 0.1) is 0 Å². The average molecular weight is 353 g/mol. The quantitative estimate of drug-likeness (QED) is 0.578. The first-order valence-electron chi connectivity index (χ1n) is 7.20. The Bertz CT molecular complexity index is 655. The van der Waals surface area contributed by atoms with Crippen molar-refractivity contribution in [3.63, 3.8) is 0 Å². The Kier molecular flexibility index (Phi) is 4.76. The molecular formula is C19H17BrN2. The van der Waals surface area contributed by atoms with Crippen molar-refractivity contribution in [3.05, 3.63) is 95.0 Å². The minimum absolute atomic E-state index is 0.00194. The molecule has 0 aliphatic heterocycles. The minimum Gasteiger partial charge on any atom is -0.362 e. The Balaban J connectivity index is 1.86. The summed E-state index contributed by atoms with van der Waals surface area (Å²) >= 11 is 3.49. The van der Waals surface area contributed by atoms with Gasteiger partial charge in [0.15, 0.2) is 0 Å². The van der Waals surface area contributed by atoms with Gasteiger partial charge in [-0.05, 0) is 42.0 Å². The van der Waals surface area contributed by atoms with Gasteiger partial charge in [-0.1, -0.05) is 64.5 Å². The third kappa shape index (κ3) is 3.89. The number of benzene rings is 3. The molecule has 0 fully saturated rings. The predicted molar refractivity (Wildman–Crippen MR) is 97.0 cm³/mol. The molecule has 22 heavy (non-hydrogen) atoms. The van der Waals surface area contributed by atoms with E-state index in [0.717, 1.165) is 15.8 Å². The highest BCUT2D eigenvalue weighted by atomic mass is 79.9. The summed E-state index contributed by atoms with van der Waals surface area (Å²) < 4.78 is 1.08. The molecule has 2 nitrogen and oxygen atoms in total. The number of hydrogen-bond donors (Lipinski definition) is 2. The summed E-state index contributed by atoms with van der Waals surface area (Å²) in [7, 11) is 0. The van der Waals surface area contributed by atoms with Gasteiger partial charge in [-0.25, -0.2) is 0 Å². The van der Waals surface area contributed by atoms with E-state index in [2.05, 4.69) is 75.1 Å². The minimum atomic E-state index is -0.00194. The Morgan fingerprint density at radius 2 is 1.05 bits per heavy atom. The molecule has 0 amide bonds. The first-order valence-corrected chi connectivity index (χ1v) is 7.99. The Morgan fingerprint density at radius 1 is 0.591 bits per heavy atom. The summed E-state index contributed by atoms with van der Waals surface area (Å²) in [5.41, 5.74) is 3.34. The van der Waals surface area contributed by atoms with Crippen LogP contribution in [0.4, 0.5) is 11.4 Å². The van der Waals surface area contributed by atoms with E-state index in [-0.39, 0.29) is 6.17 Å². The smallest absolute Gasteiger partial charge is 0.123 e. The molecule has 0 heterocycles. The van der Waals surface area contributed by atoms with Crippen molar-refractivity contribution in [2.45, 2.75) is 6.17 Å². The predicted octanol–water partition coefficient (Wildman–Crippen LogP) is 5.67. The molecule has 0 aliphatic rings. The second-order valence-electron chi connectivity index (χ2n) is 5.01. The first kappa shape index (κ1) is 14.7. The van der Waals surface area contributed by atoms with Crippen LogP contribution in [0.25, 0.3) is 0 Å². The zero-order valence-electron chi connectivity index (χ0n) is 12.0. The second kappa shape index (κ2) is 7.14. The zero-order chi connectivity index (χ0) is 15.2. The maximum absolute atomic E-state index is 3.54. The molecule has 0 atom stereocenters. The molecule has 0 unspecified atom stereocenters. The van der Waals surface area contributed by atoms with Crippen molar-refractivity contribution in [1.29, 1.82) is 0 Å². The number of anilines is 2. The second-order valence-corrected chi connectivity index (χ2v) is 5.92. The molecule has 3 aromatic carbocycles. The summed E-state index contributed by atoms with van der Waals surface area (Å²) in [6.07, 6.45) is -0.00194. The van der Waals surface area contributed by atoms with Crippen LogP contribution in [0.1, 0.15) is 11.7 Å². The Hall–Kier alpha value is -2.26. The van der Waals surface area contributed by atoms with Gasteiger partial charge in [-0.2, -0.15) is 0 Å². The van der Waals surface area contributed by atoms with Gasteiger partial charge in [-0.3, -0.25) is 0 Å². The lowest BCUT2D eigenvalue weighted by atomic mass is 10.1. The lowest BCUT2D eigenvalue weighted by Crippen LogP contribution is -2.19. The number of nitrogens with one attached hydrogen (secondary N) is 2. The summed E-state index contributed by atoms with van der Waals surface area (Å²) in [6.45, 7) is 0. The molecular weight excluding hydrogens is 336 g/mol. The molecule has 3 rings (SSSR count). The van der Waals surface area contributed by atoms with Crippen LogP contribution in [0.2, 0.25) is 0 Å². The molecule has 3 heteroatoms. The van der Waals surface area contributed by atoms with E-state index >= 15 is 0 Å². The number of hydrogen-bond acceptors (Lipinski definition) is 2. The fourth-order valence-corrected chi connectivity index (χ4v) is 2.52. The van der Waals surface area contributed by atoms with Crippen LogP contribution in [0.3, 0.4) is 0 Å². The van der Waals surface area contributed by atoms with Crippen molar-refractivity contribution in [2.24, 2.45) is 0 Å². The molecule has 2 N–H and O–H groups in total. The lowest BCUT2D eigenvalue weighted by Gasteiger charge is -2.23. The number of para-hydroxylation sites is 2. The van der Waals surface area contributed by atoms with E-state index in [1.54, 1.807) is 0 Å². The molecule has 3 aromatic rings. The van der Waals surface area contributed by atoms with Crippen LogP contribution in [0.5, 0.6) is 0 Å². The SMILES string of the molecule is Brc1ccc(C(Nc2ccccc2)Nc2ccccc2)cc1. The van der Waals surface area contributed by atoms with Crippen molar-refractivity contribution < 1.29 is 0 Å². The van der Waals surface area contributed by atoms with Crippen LogP contribution in [-0.2, 0) is 0 Å². The Labute approximate surface area is 139 Å². The fraction of sp³-hybridized carbons (Fsp3) is 0.0526. The third-order valence-electron chi connectivity index (χ3n) is 3.37. The molecule has 0 aromatic heterocycles. The van der Waals surface area contributed by atoms with Gasteiger partial charge >= 0.3 is 0 Å². The zero-order valence-corrected chi connectivity index (χ0v) is 13.6. The van der Waals surface area contributed by atoms with Gasteiger partial charge in [-0.15, -0.1) is 0 Å². The van der Waals surface area contributed by atoms with Gasteiger partial charge in [0.25, 0.3) is 0 Å². The van der Waals surface area contributed by atoms with Crippen molar-refractivity contribution in [1.82, 2.24) is 0 Å². The van der Waals surface area contributed by atoms with Crippen LogP contribution in [-0.4, -0.2) is 0 Å². The maximum atomic E-state index is 3.54. The number of halogens is 1. The van der Waals surface area contributed by atoms with E-state index in [1.807, 2.05) is 36.4 Å². The van der Waals surface area contributed by atoms with Gasteiger partial charge in [0.2, 0.25) is 0 Å². The van der Waals surface area contributed by atoms with Gasteiger partial charge in [0.1, 0.15) is 6.17 Å². The topological polar surface area (TPSA) is 24.1 Å². The van der Waals surface area contributed by atoms with Crippen molar-refractivity contribution in [3.8, 4) is 0 Å². The van der Waals surface area contributed by atoms with Crippen molar-refractivity contribution >= 4 is 27.3 Å². The van der Waals surface area contributed by atoms with Gasteiger partial charge < -0.3 is 10.6 Å².